The molecule has 0 saturated carbocycles. The van der Waals surface area contributed by atoms with Crippen LogP contribution in [0, 0.1) is 13.8 Å². The molecule has 3 rings (SSSR count). The van der Waals surface area contributed by atoms with Gasteiger partial charge in [-0.15, -0.1) is 11.8 Å². The summed E-state index contributed by atoms with van der Waals surface area (Å²) in [5.41, 5.74) is 2.77. The van der Waals surface area contributed by atoms with Crippen molar-refractivity contribution in [1.29, 1.82) is 0 Å². The smallest absolute Gasteiger partial charge is 0.330 e. The summed E-state index contributed by atoms with van der Waals surface area (Å²) in [6, 6.07) is 5.12. The zero-order valence-electron chi connectivity index (χ0n) is 14.6. The van der Waals surface area contributed by atoms with Crippen molar-refractivity contribution in [2.45, 2.75) is 44.5 Å². The molecule has 1 N–H and O–H groups in total. The van der Waals surface area contributed by atoms with Gasteiger partial charge in [-0.2, -0.15) is 0 Å². The van der Waals surface area contributed by atoms with Crippen molar-refractivity contribution in [3.63, 3.8) is 0 Å². The van der Waals surface area contributed by atoms with Gasteiger partial charge in [0, 0.05) is 17.9 Å². The minimum absolute atomic E-state index is 0.0193. The highest BCUT2D eigenvalue weighted by Gasteiger charge is 2.53. The molecule has 2 atom stereocenters. The molecule has 1 aromatic carbocycles. The Kier molecular flexibility index (Phi) is 4.77. The fourth-order valence-corrected chi connectivity index (χ4v) is 4.89. The number of ether oxygens (including phenoxy) is 1. The van der Waals surface area contributed by atoms with Gasteiger partial charge < -0.3 is 15.0 Å². The van der Waals surface area contributed by atoms with Crippen LogP contribution < -0.4 is 5.32 Å². The molecular formula is C18H22N2O4S. The topological polar surface area (TPSA) is 75.7 Å². The van der Waals surface area contributed by atoms with E-state index in [0.717, 1.165) is 17.5 Å². The van der Waals surface area contributed by atoms with E-state index in [1.165, 1.54) is 0 Å². The molecule has 1 aromatic rings. The monoisotopic (exact) mass is 362 g/mol. The van der Waals surface area contributed by atoms with Crippen molar-refractivity contribution >= 4 is 35.2 Å². The normalized spacial score (nSPS) is 25.0. The molecule has 25 heavy (non-hydrogen) atoms. The number of anilines is 1. The molecule has 0 radical (unpaired) electrons. The second-order valence-corrected chi connectivity index (χ2v) is 8.30. The Balaban J connectivity index is 1.55. The van der Waals surface area contributed by atoms with E-state index in [0.29, 0.717) is 17.9 Å². The average Bonchev–Trinajstić information content (AvgIpc) is 3.01. The first-order valence-corrected chi connectivity index (χ1v) is 9.28. The molecule has 2 fully saturated rings. The predicted molar refractivity (Wildman–Crippen MR) is 96.2 cm³/mol. The molecular weight excluding hydrogens is 340 g/mol. The van der Waals surface area contributed by atoms with E-state index in [1.807, 2.05) is 39.0 Å². The molecule has 2 amide bonds. The highest BCUT2D eigenvalue weighted by atomic mass is 32.2. The summed E-state index contributed by atoms with van der Waals surface area (Å²) in [4.78, 5) is 37.7. The number of hydrogen-bond donors (Lipinski definition) is 1. The van der Waals surface area contributed by atoms with Gasteiger partial charge in [0.1, 0.15) is 6.04 Å². The first kappa shape index (κ1) is 17.8. The minimum Gasteiger partial charge on any atom is -0.454 e. The van der Waals surface area contributed by atoms with Crippen LogP contribution in [0.2, 0.25) is 0 Å². The lowest BCUT2D eigenvalue weighted by molar-refractivity contribution is -0.155. The third-order valence-corrected chi connectivity index (χ3v) is 6.07. The number of nitrogens with zero attached hydrogens (tertiary/aromatic N) is 1. The van der Waals surface area contributed by atoms with Crippen LogP contribution in [0.3, 0.4) is 0 Å². The van der Waals surface area contributed by atoms with Crippen molar-refractivity contribution in [1.82, 2.24) is 4.90 Å². The number of rotatable bonds is 4. The predicted octanol–water partition coefficient (Wildman–Crippen LogP) is 2.24. The third-order valence-electron chi connectivity index (χ3n) is 4.57. The van der Waals surface area contributed by atoms with Crippen LogP contribution in [0.5, 0.6) is 0 Å². The van der Waals surface area contributed by atoms with Crippen LogP contribution in [0.15, 0.2) is 18.2 Å². The number of carbonyl (C=O) groups excluding carboxylic acids is 3. The number of thioether (sulfide) groups is 1. The van der Waals surface area contributed by atoms with Crippen LogP contribution in [-0.2, 0) is 19.1 Å². The maximum atomic E-state index is 12.3. The molecule has 2 heterocycles. The molecule has 2 aliphatic heterocycles. The lowest BCUT2D eigenvalue weighted by atomic mass is 10.1. The molecule has 0 unspecified atom stereocenters. The van der Waals surface area contributed by atoms with Gasteiger partial charge >= 0.3 is 5.97 Å². The zero-order chi connectivity index (χ0) is 18.2. The van der Waals surface area contributed by atoms with E-state index in [4.69, 9.17) is 4.74 Å². The third kappa shape index (κ3) is 3.66. The molecule has 134 valence electrons. The number of benzene rings is 1. The number of amides is 2. The van der Waals surface area contributed by atoms with E-state index in [1.54, 1.807) is 16.7 Å². The highest BCUT2D eigenvalue weighted by molar-refractivity contribution is 8.01. The molecule has 2 saturated heterocycles. The fourth-order valence-electron chi connectivity index (χ4n) is 3.47. The molecule has 0 aromatic heterocycles. The summed E-state index contributed by atoms with van der Waals surface area (Å²) in [6.45, 7) is 5.52. The Labute approximate surface area is 151 Å². The molecule has 0 spiro atoms. The summed E-state index contributed by atoms with van der Waals surface area (Å²) in [5, 5.41) is 2.73. The number of nitrogens with one attached hydrogen (secondary N) is 1. The van der Waals surface area contributed by atoms with Gasteiger partial charge in [-0.05, 0) is 50.5 Å². The van der Waals surface area contributed by atoms with Crippen LogP contribution in [-0.4, -0.2) is 46.0 Å². The van der Waals surface area contributed by atoms with Crippen molar-refractivity contribution in [2.24, 2.45) is 0 Å². The van der Waals surface area contributed by atoms with Gasteiger partial charge in [0.25, 0.3) is 5.91 Å². The van der Waals surface area contributed by atoms with Crippen molar-refractivity contribution < 1.29 is 19.1 Å². The second kappa shape index (κ2) is 6.71. The van der Waals surface area contributed by atoms with Gasteiger partial charge in [0.15, 0.2) is 6.61 Å². The average molecular weight is 362 g/mol. The summed E-state index contributed by atoms with van der Waals surface area (Å²) >= 11 is 1.60. The minimum atomic E-state index is -0.598. The quantitative estimate of drug-likeness (QED) is 0.832. The van der Waals surface area contributed by atoms with E-state index in [9.17, 15) is 14.4 Å². The Bertz CT molecular complexity index is 716. The Morgan fingerprint density at radius 1 is 1.32 bits per heavy atom. The van der Waals surface area contributed by atoms with E-state index in [-0.39, 0.29) is 23.3 Å². The summed E-state index contributed by atoms with van der Waals surface area (Å²) in [5.74, 6) is -0.407. The molecule has 7 heteroatoms. The molecule has 0 bridgehead atoms. The van der Waals surface area contributed by atoms with Crippen LogP contribution in [0.4, 0.5) is 5.69 Å². The first-order chi connectivity index (χ1) is 11.8. The van der Waals surface area contributed by atoms with Crippen LogP contribution >= 0.6 is 11.8 Å². The summed E-state index contributed by atoms with van der Waals surface area (Å²) < 4.78 is 5.16. The number of fused-ring (bicyclic) bond motifs is 1. The van der Waals surface area contributed by atoms with Gasteiger partial charge in [0.05, 0.1) is 4.87 Å². The Morgan fingerprint density at radius 3 is 2.68 bits per heavy atom. The van der Waals surface area contributed by atoms with Crippen molar-refractivity contribution in [3.8, 4) is 0 Å². The number of hydrogen-bond acceptors (Lipinski definition) is 5. The largest absolute Gasteiger partial charge is 0.454 e. The van der Waals surface area contributed by atoms with E-state index < -0.39 is 12.0 Å². The number of carbonyl (C=O) groups is 3. The van der Waals surface area contributed by atoms with Crippen LogP contribution in [0.25, 0.3) is 0 Å². The zero-order valence-corrected chi connectivity index (χ0v) is 15.4. The summed E-state index contributed by atoms with van der Waals surface area (Å²) in [7, 11) is 0. The molecule has 0 aliphatic carbocycles. The van der Waals surface area contributed by atoms with E-state index >= 15 is 0 Å². The summed E-state index contributed by atoms with van der Waals surface area (Å²) in [6.07, 6.45) is 1.20. The highest BCUT2D eigenvalue weighted by Crippen LogP contribution is 2.47. The lowest BCUT2D eigenvalue weighted by Gasteiger charge is -2.29. The van der Waals surface area contributed by atoms with Gasteiger partial charge in [0.2, 0.25) is 5.91 Å². The van der Waals surface area contributed by atoms with Crippen molar-refractivity contribution in [3.05, 3.63) is 29.3 Å². The van der Waals surface area contributed by atoms with E-state index in [2.05, 4.69) is 5.32 Å². The first-order valence-electron chi connectivity index (χ1n) is 8.29. The fraction of sp³-hybridized carbons (Fsp3) is 0.500. The van der Waals surface area contributed by atoms with Gasteiger partial charge in [-0.1, -0.05) is 6.07 Å². The molecule has 6 nitrogen and oxygen atoms in total. The lowest BCUT2D eigenvalue weighted by Crippen LogP contribution is -2.47. The van der Waals surface area contributed by atoms with Gasteiger partial charge in [-0.25, -0.2) is 4.79 Å². The SMILES string of the molecule is Cc1cc(C)cc(NC(=O)COC(=O)[C@H]2CS[C@@]3(C)CCC(=O)N23)c1. The number of aryl methyl sites for hydroxylation is 2. The van der Waals surface area contributed by atoms with Crippen LogP contribution in [0.1, 0.15) is 30.9 Å². The van der Waals surface area contributed by atoms with Crippen molar-refractivity contribution in [2.75, 3.05) is 17.7 Å². The Hall–Kier alpha value is -2.02. The molecule has 2 aliphatic rings. The standard InChI is InChI=1S/C18H22N2O4S/c1-11-6-12(2)8-13(7-11)19-15(21)9-24-17(23)14-10-25-18(3)5-4-16(22)20(14)18/h6-8,14H,4-5,9-10H2,1-3H3,(H,19,21)/t14-,18+/m1/s1. The van der Waals surface area contributed by atoms with Gasteiger partial charge in [-0.3, -0.25) is 9.59 Å². The number of esters is 1. The maximum absolute atomic E-state index is 12.3. The maximum Gasteiger partial charge on any atom is 0.330 e. The Morgan fingerprint density at radius 2 is 2.00 bits per heavy atom. The second-order valence-electron chi connectivity index (χ2n) is 6.80.